The molecule has 3 rings (SSSR count). The first kappa shape index (κ1) is 26.3. The van der Waals surface area contributed by atoms with E-state index in [2.05, 4.69) is 5.32 Å². The van der Waals surface area contributed by atoms with Crippen molar-refractivity contribution >= 4 is 27.5 Å². The fourth-order valence-corrected chi connectivity index (χ4v) is 5.84. The average molecular weight is 509 g/mol. The Bertz CT molecular complexity index is 1080. The Labute approximate surface area is 207 Å². The maximum atomic E-state index is 12.9. The molecule has 1 unspecified atom stereocenters. The highest BCUT2D eigenvalue weighted by atomic mass is 35.5. The lowest BCUT2D eigenvalue weighted by atomic mass is 9.96. The van der Waals surface area contributed by atoms with Crippen molar-refractivity contribution in [1.82, 2.24) is 9.62 Å². The minimum atomic E-state index is -3.47. The number of nitrogens with zero attached hydrogens (tertiary/aromatic N) is 1. The number of ether oxygens (including phenoxy) is 2. The molecule has 1 fully saturated rings. The minimum Gasteiger partial charge on any atom is -0.490 e. The van der Waals surface area contributed by atoms with Crippen molar-refractivity contribution in [2.24, 2.45) is 5.92 Å². The highest BCUT2D eigenvalue weighted by molar-refractivity contribution is 7.88. The SMILES string of the molecule is CCOc1ccc(C(C)NC(=O)C2CCN(S(=O)(=O)Cc3cccc(Cl)c3)CC2)cc1OCC. The van der Waals surface area contributed by atoms with E-state index >= 15 is 0 Å². The van der Waals surface area contributed by atoms with E-state index in [-0.39, 0.29) is 23.6 Å². The van der Waals surface area contributed by atoms with Gasteiger partial charge in [-0.15, -0.1) is 0 Å². The van der Waals surface area contributed by atoms with Crippen molar-refractivity contribution in [3.63, 3.8) is 0 Å². The second-order valence-corrected chi connectivity index (χ2v) is 10.8. The summed E-state index contributed by atoms with van der Waals surface area (Å²) in [5.74, 6) is 0.945. The third-order valence-corrected chi connectivity index (χ3v) is 7.97. The number of sulfonamides is 1. The molecule has 1 heterocycles. The molecule has 1 saturated heterocycles. The van der Waals surface area contributed by atoms with Gasteiger partial charge in [0.1, 0.15) is 0 Å². The second kappa shape index (κ2) is 11.9. The Morgan fingerprint density at radius 1 is 1.09 bits per heavy atom. The number of hydrogen-bond acceptors (Lipinski definition) is 5. The van der Waals surface area contributed by atoms with Crippen molar-refractivity contribution in [1.29, 1.82) is 0 Å². The molecule has 0 aromatic heterocycles. The average Bonchev–Trinajstić information content (AvgIpc) is 2.80. The van der Waals surface area contributed by atoms with Crippen LogP contribution in [0, 0.1) is 5.92 Å². The number of carbonyl (C=O) groups is 1. The second-order valence-electron chi connectivity index (χ2n) is 8.36. The normalized spacial score (nSPS) is 16.1. The molecule has 2 aromatic rings. The van der Waals surface area contributed by atoms with Gasteiger partial charge in [-0.25, -0.2) is 12.7 Å². The van der Waals surface area contributed by atoms with Crippen molar-refractivity contribution in [3.8, 4) is 11.5 Å². The third kappa shape index (κ3) is 6.87. The van der Waals surface area contributed by atoms with Crippen LogP contribution in [0.25, 0.3) is 0 Å². The fraction of sp³-hybridized carbons (Fsp3) is 0.480. The van der Waals surface area contributed by atoms with Gasteiger partial charge in [0, 0.05) is 24.0 Å². The molecule has 1 aliphatic heterocycles. The predicted molar refractivity (Wildman–Crippen MR) is 134 cm³/mol. The van der Waals surface area contributed by atoms with Gasteiger partial charge >= 0.3 is 0 Å². The van der Waals surface area contributed by atoms with Crippen molar-refractivity contribution in [2.45, 2.75) is 45.4 Å². The molecule has 0 saturated carbocycles. The summed E-state index contributed by atoms with van der Waals surface area (Å²) in [5.41, 5.74) is 1.57. The van der Waals surface area contributed by atoms with Crippen LogP contribution in [-0.4, -0.2) is 44.9 Å². The van der Waals surface area contributed by atoms with Crippen LogP contribution in [0.4, 0.5) is 0 Å². The molecule has 1 aliphatic rings. The van der Waals surface area contributed by atoms with Gasteiger partial charge in [0.05, 0.1) is 25.0 Å². The van der Waals surface area contributed by atoms with Gasteiger partial charge in [-0.1, -0.05) is 29.8 Å². The first-order chi connectivity index (χ1) is 16.2. The van der Waals surface area contributed by atoms with Crippen molar-refractivity contribution in [2.75, 3.05) is 26.3 Å². The largest absolute Gasteiger partial charge is 0.490 e. The maximum absolute atomic E-state index is 12.9. The van der Waals surface area contributed by atoms with Crippen molar-refractivity contribution in [3.05, 3.63) is 58.6 Å². The van der Waals surface area contributed by atoms with E-state index in [1.807, 2.05) is 39.0 Å². The predicted octanol–water partition coefficient (Wildman–Crippen LogP) is 4.56. The Kier molecular flexibility index (Phi) is 9.22. The topological polar surface area (TPSA) is 84.9 Å². The number of amides is 1. The maximum Gasteiger partial charge on any atom is 0.223 e. The summed E-state index contributed by atoms with van der Waals surface area (Å²) in [6, 6.07) is 12.3. The molecular weight excluding hydrogens is 476 g/mol. The van der Waals surface area contributed by atoms with Crippen LogP contribution in [0.5, 0.6) is 11.5 Å². The number of halogens is 1. The van der Waals surface area contributed by atoms with Gasteiger partial charge in [-0.3, -0.25) is 4.79 Å². The summed E-state index contributed by atoms with van der Waals surface area (Å²) in [6.45, 7) is 7.46. The van der Waals surface area contributed by atoms with E-state index in [9.17, 15) is 13.2 Å². The molecule has 1 N–H and O–H groups in total. The fourth-order valence-electron chi connectivity index (χ4n) is 4.08. The molecule has 2 aromatic carbocycles. The van der Waals surface area contributed by atoms with Crippen LogP contribution in [0.1, 0.15) is 50.8 Å². The molecular formula is C25H33ClN2O5S. The molecule has 1 atom stereocenters. The quantitative estimate of drug-likeness (QED) is 0.508. The van der Waals surface area contributed by atoms with Crippen LogP contribution in [0.3, 0.4) is 0 Å². The zero-order valence-electron chi connectivity index (χ0n) is 19.9. The lowest BCUT2D eigenvalue weighted by Gasteiger charge is -2.31. The monoisotopic (exact) mass is 508 g/mol. The Morgan fingerprint density at radius 2 is 1.76 bits per heavy atom. The van der Waals surface area contributed by atoms with Gasteiger partial charge in [0.2, 0.25) is 15.9 Å². The van der Waals surface area contributed by atoms with Crippen LogP contribution >= 0.6 is 11.6 Å². The van der Waals surface area contributed by atoms with Gasteiger partial charge in [0.15, 0.2) is 11.5 Å². The van der Waals surface area contributed by atoms with E-state index in [1.165, 1.54) is 4.31 Å². The minimum absolute atomic E-state index is 0.0637. The smallest absolute Gasteiger partial charge is 0.223 e. The molecule has 9 heteroatoms. The summed E-state index contributed by atoms with van der Waals surface area (Å²) in [5, 5.41) is 3.58. The molecule has 7 nitrogen and oxygen atoms in total. The summed E-state index contributed by atoms with van der Waals surface area (Å²) in [6.07, 6.45) is 0.974. The lowest BCUT2D eigenvalue weighted by Crippen LogP contribution is -2.43. The molecule has 0 radical (unpaired) electrons. The standard InChI is InChI=1S/C25H33ClN2O5S/c1-4-32-23-10-9-21(16-24(23)33-5-2)18(3)27-25(29)20-11-13-28(14-12-20)34(30,31)17-19-7-6-8-22(26)15-19/h6-10,15-16,18,20H,4-5,11-14,17H2,1-3H3,(H,27,29). The van der Waals surface area contributed by atoms with E-state index < -0.39 is 10.0 Å². The summed E-state index contributed by atoms with van der Waals surface area (Å²) in [7, 11) is -3.47. The first-order valence-electron chi connectivity index (χ1n) is 11.7. The number of benzene rings is 2. The molecule has 34 heavy (non-hydrogen) atoms. The summed E-state index contributed by atoms with van der Waals surface area (Å²) >= 11 is 5.98. The zero-order chi connectivity index (χ0) is 24.7. The Hall–Kier alpha value is -2.29. The highest BCUT2D eigenvalue weighted by Crippen LogP contribution is 2.31. The van der Waals surface area contributed by atoms with E-state index in [0.717, 1.165) is 5.56 Å². The van der Waals surface area contributed by atoms with Crippen molar-refractivity contribution < 1.29 is 22.7 Å². The number of hydrogen-bond donors (Lipinski definition) is 1. The molecule has 0 spiro atoms. The van der Waals surface area contributed by atoms with E-state index in [4.69, 9.17) is 21.1 Å². The third-order valence-electron chi connectivity index (χ3n) is 5.88. The van der Waals surface area contributed by atoms with Crippen LogP contribution in [0.2, 0.25) is 5.02 Å². The number of piperidine rings is 1. The van der Waals surface area contributed by atoms with Crippen LogP contribution < -0.4 is 14.8 Å². The van der Waals surface area contributed by atoms with Gasteiger partial charge in [-0.05, 0) is 69.0 Å². The number of carbonyl (C=O) groups excluding carboxylic acids is 1. The zero-order valence-corrected chi connectivity index (χ0v) is 21.5. The summed E-state index contributed by atoms with van der Waals surface area (Å²) < 4.78 is 38.4. The van der Waals surface area contributed by atoms with Gasteiger partial charge < -0.3 is 14.8 Å². The Morgan fingerprint density at radius 3 is 2.41 bits per heavy atom. The molecule has 1 amide bonds. The first-order valence-corrected chi connectivity index (χ1v) is 13.6. The highest BCUT2D eigenvalue weighted by Gasteiger charge is 2.31. The van der Waals surface area contributed by atoms with Crippen LogP contribution in [0.15, 0.2) is 42.5 Å². The summed E-state index contributed by atoms with van der Waals surface area (Å²) in [4.78, 5) is 12.9. The van der Waals surface area contributed by atoms with Gasteiger partial charge in [-0.2, -0.15) is 0 Å². The molecule has 0 bridgehead atoms. The van der Waals surface area contributed by atoms with Gasteiger partial charge in [0.25, 0.3) is 0 Å². The Balaban J connectivity index is 1.56. The number of rotatable bonds is 10. The van der Waals surface area contributed by atoms with E-state index in [1.54, 1.807) is 24.3 Å². The van der Waals surface area contributed by atoms with Crippen LogP contribution in [-0.2, 0) is 20.6 Å². The molecule has 0 aliphatic carbocycles. The number of nitrogens with one attached hydrogen (secondary N) is 1. The lowest BCUT2D eigenvalue weighted by molar-refractivity contribution is -0.126. The van der Waals surface area contributed by atoms with E-state index in [0.29, 0.717) is 61.2 Å². The molecule has 186 valence electrons.